The van der Waals surface area contributed by atoms with E-state index in [2.05, 4.69) is 11.8 Å². The van der Waals surface area contributed by atoms with Gasteiger partial charge in [-0.3, -0.25) is 4.79 Å². The minimum absolute atomic E-state index is 0.288. The summed E-state index contributed by atoms with van der Waals surface area (Å²) in [5.41, 5.74) is 1.66. The first-order valence-corrected chi connectivity index (χ1v) is 11.0. The zero-order valence-electron chi connectivity index (χ0n) is 17.0. The summed E-state index contributed by atoms with van der Waals surface area (Å²) in [7, 11) is 3.65. The van der Waals surface area contributed by atoms with Crippen LogP contribution in [0.1, 0.15) is 24.2 Å². The number of methoxy groups -OCH3 is 1. The summed E-state index contributed by atoms with van der Waals surface area (Å²) < 4.78 is 5.23. The van der Waals surface area contributed by atoms with E-state index in [1.807, 2.05) is 43.4 Å². The molecule has 0 saturated carbocycles. The quantitative estimate of drug-likeness (QED) is 0.706. The van der Waals surface area contributed by atoms with E-state index in [0.29, 0.717) is 11.6 Å². The van der Waals surface area contributed by atoms with Gasteiger partial charge in [-0.05, 0) is 55.9 Å². The third-order valence-electron chi connectivity index (χ3n) is 5.03. The molecule has 0 spiro atoms. The van der Waals surface area contributed by atoms with Gasteiger partial charge in [-0.25, -0.2) is 0 Å². The Morgan fingerprint density at radius 3 is 2.59 bits per heavy atom. The molecule has 0 bridgehead atoms. The molecule has 1 aliphatic heterocycles. The molecule has 1 heterocycles. The highest BCUT2D eigenvalue weighted by Gasteiger charge is 2.37. The van der Waals surface area contributed by atoms with E-state index in [-0.39, 0.29) is 5.91 Å². The summed E-state index contributed by atoms with van der Waals surface area (Å²) in [5.74, 6) is 0.446. The van der Waals surface area contributed by atoms with Crippen LogP contribution in [0.3, 0.4) is 0 Å². The number of halogens is 1. The van der Waals surface area contributed by atoms with Gasteiger partial charge in [-0.2, -0.15) is 0 Å². The molecule has 29 heavy (non-hydrogen) atoms. The number of anilines is 1. The molecule has 1 unspecified atom stereocenters. The molecule has 7 heteroatoms. The van der Waals surface area contributed by atoms with Crippen molar-refractivity contribution >= 4 is 35.0 Å². The molecule has 2 aromatic rings. The number of thioether (sulfide) groups is 1. The number of hydrogen-bond acceptors (Lipinski definition) is 5. The normalized spacial score (nSPS) is 19.2. The number of hydrogen-bond donors (Lipinski definition) is 1. The second-order valence-electron chi connectivity index (χ2n) is 7.16. The van der Waals surface area contributed by atoms with Crippen molar-refractivity contribution in [3.05, 3.63) is 53.1 Å². The minimum atomic E-state index is -1.16. The molecule has 1 amide bonds. The summed E-state index contributed by atoms with van der Waals surface area (Å²) in [6.45, 7) is 4.33. The molecule has 156 valence electrons. The summed E-state index contributed by atoms with van der Waals surface area (Å²) in [6, 6.07) is 13.0. The van der Waals surface area contributed by atoms with Gasteiger partial charge in [0.05, 0.1) is 18.0 Å². The van der Waals surface area contributed by atoms with Crippen LogP contribution in [0.4, 0.5) is 5.69 Å². The fraction of sp³-hybridized carbons (Fsp3) is 0.409. The zero-order valence-corrected chi connectivity index (χ0v) is 18.5. The smallest absolute Gasteiger partial charge is 0.257 e. The topological polar surface area (TPSA) is 53.0 Å². The van der Waals surface area contributed by atoms with E-state index in [4.69, 9.17) is 16.3 Å². The Morgan fingerprint density at radius 1 is 1.21 bits per heavy atom. The molecule has 0 saturated heterocycles. The predicted octanol–water partition coefficient (Wildman–Crippen LogP) is 4.23. The molecule has 0 fully saturated rings. The van der Waals surface area contributed by atoms with Crippen LogP contribution in [-0.4, -0.2) is 55.8 Å². The van der Waals surface area contributed by atoms with Gasteiger partial charge in [-0.15, -0.1) is 11.8 Å². The largest absolute Gasteiger partial charge is 0.497 e. The lowest BCUT2D eigenvalue weighted by Gasteiger charge is -2.27. The number of ether oxygens (including phenoxy) is 1. The molecule has 0 aliphatic carbocycles. The number of aliphatic hydroxyl groups is 1. The molecular weight excluding hydrogens is 408 g/mol. The maximum Gasteiger partial charge on any atom is 0.257 e. The van der Waals surface area contributed by atoms with Crippen LogP contribution in [-0.2, 0) is 4.79 Å². The van der Waals surface area contributed by atoms with Gasteiger partial charge in [0.15, 0.2) is 0 Å². The van der Waals surface area contributed by atoms with Crippen molar-refractivity contribution in [2.24, 2.45) is 0 Å². The molecule has 1 N–H and O–H groups in total. The van der Waals surface area contributed by atoms with Crippen LogP contribution in [0.5, 0.6) is 5.75 Å². The molecule has 5 nitrogen and oxygen atoms in total. The third-order valence-corrected chi connectivity index (χ3v) is 6.63. The van der Waals surface area contributed by atoms with Crippen molar-refractivity contribution in [3.8, 4) is 5.75 Å². The van der Waals surface area contributed by atoms with E-state index >= 15 is 0 Å². The lowest BCUT2D eigenvalue weighted by atomic mass is 10.1. The van der Waals surface area contributed by atoms with Crippen molar-refractivity contribution in [2.45, 2.75) is 29.6 Å². The van der Waals surface area contributed by atoms with Crippen LogP contribution in [0.15, 0.2) is 47.4 Å². The van der Waals surface area contributed by atoms with Crippen LogP contribution < -0.4 is 9.64 Å². The third kappa shape index (κ3) is 5.07. The van der Waals surface area contributed by atoms with Crippen molar-refractivity contribution in [1.82, 2.24) is 4.90 Å². The fourth-order valence-corrected chi connectivity index (χ4v) is 5.00. The van der Waals surface area contributed by atoms with Crippen LogP contribution in [0, 0.1) is 0 Å². The minimum Gasteiger partial charge on any atom is -0.497 e. The van der Waals surface area contributed by atoms with Gasteiger partial charge in [0, 0.05) is 23.0 Å². The maximum absolute atomic E-state index is 13.3. The standard InChI is InChI=1S/C22H27ClN2O3S/c1-4-11-24(2)12-13-25-18-10-7-16(23)14-19(18)29-21(20(26)22(25)27)15-5-8-17(28-3)9-6-15/h5-10,14,20-21,26H,4,11-13H2,1-3H3/t20?,21-/m0/s1. The Labute approximate surface area is 181 Å². The van der Waals surface area contributed by atoms with Crippen molar-refractivity contribution < 1.29 is 14.6 Å². The Kier molecular flexibility index (Phi) is 7.46. The number of likely N-dealkylation sites (N-methyl/N-ethyl adjacent to an activating group) is 1. The summed E-state index contributed by atoms with van der Waals surface area (Å²) in [5, 5.41) is 11.2. The molecule has 0 aromatic heterocycles. The number of carbonyl (C=O) groups is 1. The van der Waals surface area contributed by atoms with Crippen molar-refractivity contribution in [2.75, 3.05) is 38.7 Å². The Hall–Kier alpha value is -1.73. The van der Waals surface area contributed by atoms with Gasteiger partial charge in [0.25, 0.3) is 5.91 Å². The fourth-order valence-electron chi connectivity index (χ4n) is 3.45. The SMILES string of the molecule is CCCN(C)CCN1C(=O)C(O)[C@H](c2ccc(OC)cc2)Sc2cc(Cl)ccc21. The van der Waals surface area contributed by atoms with Crippen molar-refractivity contribution in [1.29, 1.82) is 0 Å². The highest BCUT2D eigenvalue weighted by atomic mass is 35.5. The van der Waals surface area contributed by atoms with E-state index in [1.54, 1.807) is 18.1 Å². The summed E-state index contributed by atoms with van der Waals surface area (Å²) >= 11 is 7.72. The molecule has 0 radical (unpaired) electrons. The number of benzene rings is 2. The first-order chi connectivity index (χ1) is 13.9. The van der Waals surface area contributed by atoms with E-state index in [9.17, 15) is 9.90 Å². The number of amides is 1. The Bertz CT molecular complexity index is 846. The maximum atomic E-state index is 13.3. The highest BCUT2D eigenvalue weighted by Crippen LogP contribution is 2.46. The zero-order chi connectivity index (χ0) is 21.0. The summed E-state index contributed by atoms with van der Waals surface area (Å²) in [6.07, 6.45) is -0.106. The molecule has 3 rings (SSSR count). The highest BCUT2D eigenvalue weighted by molar-refractivity contribution is 7.99. The number of rotatable bonds is 7. The number of aliphatic hydroxyl groups excluding tert-OH is 1. The van der Waals surface area contributed by atoms with Gasteiger partial charge in [-0.1, -0.05) is 30.7 Å². The van der Waals surface area contributed by atoms with E-state index in [0.717, 1.165) is 41.4 Å². The van der Waals surface area contributed by atoms with Crippen molar-refractivity contribution in [3.63, 3.8) is 0 Å². The molecular formula is C22H27ClN2O3S. The van der Waals surface area contributed by atoms with E-state index in [1.165, 1.54) is 11.8 Å². The van der Waals surface area contributed by atoms with Gasteiger partial charge in [0.2, 0.25) is 0 Å². The number of nitrogens with zero attached hydrogens (tertiary/aromatic N) is 2. The van der Waals surface area contributed by atoms with Gasteiger partial charge in [0.1, 0.15) is 11.9 Å². The van der Waals surface area contributed by atoms with Gasteiger partial charge < -0.3 is 19.6 Å². The first kappa shape index (κ1) is 22.0. The van der Waals surface area contributed by atoms with Crippen LogP contribution in [0.2, 0.25) is 5.02 Å². The average molecular weight is 435 g/mol. The van der Waals surface area contributed by atoms with Crippen LogP contribution in [0.25, 0.3) is 0 Å². The summed E-state index contributed by atoms with van der Waals surface area (Å²) in [4.78, 5) is 18.0. The predicted molar refractivity (Wildman–Crippen MR) is 119 cm³/mol. The molecule has 2 atom stereocenters. The van der Waals surface area contributed by atoms with E-state index < -0.39 is 11.4 Å². The average Bonchev–Trinajstić information content (AvgIpc) is 2.82. The lowest BCUT2D eigenvalue weighted by molar-refractivity contribution is -0.126. The number of fused-ring (bicyclic) bond motifs is 1. The molecule has 2 aromatic carbocycles. The first-order valence-electron chi connectivity index (χ1n) is 9.72. The van der Waals surface area contributed by atoms with Gasteiger partial charge >= 0.3 is 0 Å². The number of carbonyl (C=O) groups excluding carboxylic acids is 1. The Balaban J connectivity index is 1.94. The molecule has 1 aliphatic rings. The lowest BCUT2D eigenvalue weighted by Crippen LogP contribution is -2.43. The second kappa shape index (κ2) is 9.85. The second-order valence-corrected chi connectivity index (χ2v) is 8.78. The monoisotopic (exact) mass is 434 g/mol. The van der Waals surface area contributed by atoms with Crippen LogP contribution >= 0.6 is 23.4 Å². The Morgan fingerprint density at radius 2 is 1.93 bits per heavy atom.